The number of nitrogens with one attached hydrogen (secondary N) is 2. The normalized spacial score (nSPS) is 12.2. The molecule has 9 heteroatoms. The Balaban J connectivity index is 1.91. The number of hydrogen-bond donors (Lipinski definition) is 2. The van der Waals surface area contributed by atoms with Gasteiger partial charge in [0, 0.05) is 5.69 Å². The molecule has 0 saturated heterocycles. The van der Waals surface area contributed by atoms with Gasteiger partial charge < -0.3 is 15.4 Å². The van der Waals surface area contributed by atoms with Crippen molar-refractivity contribution in [3.05, 3.63) is 64.7 Å². The Kier molecular flexibility index (Phi) is 6.68. The lowest BCUT2D eigenvalue weighted by Crippen LogP contribution is -2.41. The number of alkyl halides is 3. The Labute approximate surface area is 158 Å². The molecule has 0 unspecified atom stereocenters. The SMILES string of the molecule is C[C@H](NC(=O)OCc1ccccc1)C(=O)Nc1ccc(Cl)c(C(F)(F)F)c1. The van der Waals surface area contributed by atoms with E-state index in [-0.39, 0.29) is 12.3 Å². The molecule has 0 aromatic heterocycles. The van der Waals surface area contributed by atoms with Gasteiger partial charge in [-0.1, -0.05) is 41.9 Å². The second kappa shape index (κ2) is 8.77. The molecular weight excluding hydrogens is 385 g/mol. The largest absolute Gasteiger partial charge is 0.445 e. The molecule has 0 heterocycles. The molecule has 0 spiro atoms. The number of halogens is 4. The maximum atomic E-state index is 12.9. The fourth-order valence-corrected chi connectivity index (χ4v) is 2.30. The van der Waals surface area contributed by atoms with Crippen molar-refractivity contribution < 1.29 is 27.5 Å². The summed E-state index contributed by atoms with van der Waals surface area (Å²) in [6.07, 6.45) is -5.48. The molecule has 1 atom stereocenters. The third-order valence-electron chi connectivity index (χ3n) is 3.48. The Morgan fingerprint density at radius 2 is 1.81 bits per heavy atom. The minimum Gasteiger partial charge on any atom is -0.445 e. The van der Waals surface area contributed by atoms with Crippen molar-refractivity contribution in [2.45, 2.75) is 25.7 Å². The Morgan fingerprint density at radius 1 is 1.15 bits per heavy atom. The van der Waals surface area contributed by atoms with Crippen molar-refractivity contribution in [2.75, 3.05) is 5.32 Å². The van der Waals surface area contributed by atoms with Crippen LogP contribution >= 0.6 is 11.6 Å². The van der Waals surface area contributed by atoms with E-state index in [1.165, 1.54) is 13.0 Å². The topological polar surface area (TPSA) is 67.4 Å². The lowest BCUT2D eigenvalue weighted by molar-refractivity contribution is -0.137. The summed E-state index contributed by atoms with van der Waals surface area (Å²) in [5.74, 6) is -0.706. The van der Waals surface area contributed by atoms with Gasteiger partial charge in [0.2, 0.25) is 5.91 Å². The average molecular weight is 401 g/mol. The summed E-state index contributed by atoms with van der Waals surface area (Å²) in [6.45, 7) is 1.40. The Morgan fingerprint density at radius 3 is 2.44 bits per heavy atom. The molecule has 2 N–H and O–H groups in total. The number of carbonyl (C=O) groups excluding carboxylic acids is 2. The molecule has 0 aliphatic heterocycles. The number of benzene rings is 2. The van der Waals surface area contributed by atoms with E-state index in [0.717, 1.165) is 17.7 Å². The van der Waals surface area contributed by atoms with Crippen LogP contribution in [0.1, 0.15) is 18.1 Å². The number of amides is 2. The minimum atomic E-state index is -4.65. The van der Waals surface area contributed by atoms with Gasteiger partial charge in [0.1, 0.15) is 12.6 Å². The van der Waals surface area contributed by atoms with Gasteiger partial charge in [-0.25, -0.2) is 4.79 Å². The van der Waals surface area contributed by atoms with Crippen molar-refractivity contribution in [1.82, 2.24) is 5.32 Å². The van der Waals surface area contributed by atoms with Crippen LogP contribution in [-0.2, 0) is 22.3 Å². The van der Waals surface area contributed by atoms with Crippen LogP contribution in [0.15, 0.2) is 48.5 Å². The standard InChI is InChI=1S/C18H16ClF3N2O3/c1-11(23-17(26)27-10-12-5-3-2-4-6-12)16(25)24-13-7-8-15(19)14(9-13)18(20,21)22/h2-9,11H,10H2,1H3,(H,23,26)(H,24,25)/t11-/m0/s1. The highest BCUT2D eigenvalue weighted by Gasteiger charge is 2.33. The van der Waals surface area contributed by atoms with Gasteiger partial charge in [-0.05, 0) is 30.7 Å². The monoisotopic (exact) mass is 400 g/mol. The van der Waals surface area contributed by atoms with E-state index in [0.29, 0.717) is 0 Å². The highest BCUT2D eigenvalue weighted by atomic mass is 35.5. The maximum absolute atomic E-state index is 12.9. The van der Waals surface area contributed by atoms with Crippen molar-refractivity contribution in [2.24, 2.45) is 0 Å². The van der Waals surface area contributed by atoms with Crippen molar-refractivity contribution in [3.63, 3.8) is 0 Å². The molecule has 5 nitrogen and oxygen atoms in total. The number of carbonyl (C=O) groups is 2. The zero-order valence-corrected chi connectivity index (χ0v) is 14.9. The number of rotatable bonds is 5. The first-order valence-electron chi connectivity index (χ1n) is 7.81. The average Bonchev–Trinajstić information content (AvgIpc) is 2.61. The smallest absolute Gasteiger partial charge is 0.417 e. The van der Waals surface area contributed by atoms with Crippen LogP contribution in [0.5, 0.6) is 0 Å². The van der Waals surface area contributed by atoms with Crippen molar-refractivity contribution in [3.8, 4) is 0 Å². The van der Waals surface area contributed by atoms with E-state index >= 15 is 0 Å². The van der Waals surface area contributed by atoms with Crippen LogP contribution < -0.4 is 10.6 Å². The van der Waals surface area contributed by atoms with Crippen LogP contribution in [0.4, 0.5) is 23.7 Å². The summed E-state index contributed by atoms with van der Waals surface area (Å²) in [6, 6.07) is 10.9. The van der Waals surface area contributed by atoms with Gasteiger partial charge in [-0.15, -0.1) is 0 Å². The van der Waals surface area contributed by atoms with Crippen LogP contribution in [0.3, 0.4) is 0 Å². The number of ether oxygens (including phenoxy) is 1. The molecule has 144 valence electrons. The zero-order chi connectivity index (χ0) is 20.0. The highest BCUT2D eigenvalue weighted by Crippen LogP contribution is 2.36. The molecule has 2 amide bonds. The van der Waals surface area contributed by atoms with E-state index < -0.39 is 34.8 Å². The van der Waals surface area contributed by atoms with Gasteiger partial charge in [0.05, 0.1) is 10.6 Å². The molecule has 27 heavy (non-hydrogen) atoms. The summed E-state index contributed by atoms with van der Waals surface area (Å²) < 4.78 is 43.5. The summed E-state index contributed by atoms with van der Waals surface area (Å²) >= 11 is 5.53. The fourth-order valence-electron chi connectivity index (χ4n) is 2.08. The van der Waals surface area contributed by atoms with Gasteiger partial charge >= 0.3 is 12.3 Å². The third-order valence-corrected chi connectivity index (χ3v) is 3.81. The van der Waals surface area contributed by atoms with Crippen LogP contribution in [0.2, 0.25) is 5.02 Å². The molecule has 0 fully saturated rings. The number of anilines is 1. The third kappa shape index (κ3) is 6.18. The summed E-state index contributed by atoms with van der Waals surface area (Å²) in [5.41, 5.74) is -0.390. The fraction of sp³-hybridized carbons (Fsp3) is 0.222. The lowest BCUT2D eigenvalue weighted by Gasteiger charge is -2.16. The summed E-state index contributed by atoms with van der Waals surface area (Å²) in [5, 5.41) is 4.12. The molecule has 0 radical (unpaired) electrons. The minimum absolute atomic E-state index is 0.0210. The molecule has 0 saturated carbocycles. The van der Waals surface area contributed by atoms with Gasteiger partial charge in [0.15, 0.2) is 0 Å². The van der Waals surface area contributed by atoms with E-state index in [2.05, 4.69) is 10.6 Å². The number of alkyl carbamates (subject to hydrolysis) is 1. The first-order valence-corrected chi connectivity index (χ1v) is 8.19. The quantitative estimate of drug-likeness (QED) is 0.770. The van der Waals surface area contributed by atoms with Crippen molar-refractivity contribution in [1.29, 1.82) is 0 Å². The maximum Gasteiger partial charge on any atom is 0.417 e. The molecule has 2 rings (SSSR count). The summed E-state index contributed by atoms with van der Waals surface area (Å²) in [7, 11) is 0. The van der Waals surface area contributed by atoms with E-state index in [1.54, 1.807) is 24.3 Å². The van der Waals surface area contributed by atoms with E-state index in [1.807, 2.05) is 6.07 Å². The van der Waals surface area contributed by atoms with Crippen LogP contribution in [-0.4, -0.2) is 18.0 Å². The Bertz CT molecular complexity index is 813. The Hall–Kier alpha value is -2.74. The van der Waals surface area contributed by atoms with Gasteiger partial charge in [0.25, 0.3) is 0 Å². The molecule has 0 bridgehead atoms. The van der Waals surface area contributed by atoms with Crippen molar-refractivity contribution >= 4 is 29.3 Å². The first kappa shape index (κ1) is 20.6. The van der Waals surface area contributed by atoms with Gasteiger partial charge in [-0.3, -0.25) is 4.79 Å². The zero-order valence-electron chi connectivity index (χ0n) is 14.1. The van der Waals surface area contributed by atoms with E-state index in [4.69, 9.17) is 16.3 Å². The van der Waals surface area contributed by atoms with Crippen LogP contribution in [0, 0.1) is 0 Å². The molecule has 0 aliphatic carbocycles. The predicted octanol–water partition coefficient (Wildman–Crippen LogP) is 4.61. The predicted molar refractivity (Wildman–Crippen MR) is 94.3 cm³/mol. The van der Waals surface area contributed by atoms with Gasteiger partial charge in [-0.2, -0.15) is 13.2 Å². The highest BCUT2D eigenvalue weighted by molar-refractivity contribution is 6.31. The lowest BCUT2D eigenvalue weighted by atomic mass is 10.2. The van der Waals surface area contributed by atoms with Crippen LogP contribution in [0.25, 0.3) is 0 Å². The molecule has 2 aromatic carbocycles. The molecule has 2 aromatic rings. The van der Waals surface area contributed by atoms with E-state index in [9.17, 15) is 22.8 Å². The first-order chi connectivity index (χ1) is 12.7. The second-order valence-electron chi connectivity index (χ2n) is 5.61. The molecular formula is C18H16ClF3N2O3. The number of hydrogen-bond acceptors (Lipinski definition) is 3. The second-order valence-corrected chi connectivity index (χ2v) is 6.02. The molecule has 0 aliphatic rings. The summed E-state index contributed by atoms with van der Waals surface area (Å²) in [4.78, 5) is 23.8.